The van der Waals surface area contributed by atoms with Gasteiger partial charge in [0.2, 0.25) is 0 Å². The fourth-order valence-electron chi connectivity index (χ4n) is 3.06. The second kappa shape index (κ2) is 6.99. The highest BCUT2D eigenvalue weighted by Gasteiger charge is 2.22. The summed E-state index contributed by atoms with van der Waals surface area (Å²) in [5.74, 6) is 1.34. The molecule has 1 aliphatic rings. The van der Waals surface area contributed by atoms with Gasteiger partial charge < -0.3 is 10.2 Å². The van der Waals surface area contributed by atoms with Gasteiger partial charge in [0.15, 0.2) is 0 Å². The van der Waals surface area contributed by atoms with Crippen LogP contribution in [0.2, 0.25) is 0 Å². The van der Waals surface area contributed by atoms with Crippen LogP contribution >= 0.6 is 0 Å². The number of carbonyl (C=O) groups is 1. The van der Waals surface area contributed by atoms with Crippen molar-refractivity contribution in [1.82, 2.24) is 14.9 Å². The number of amides is 1. The number of nitrogens with one attached hydrogen (secondary N) is 1. The standard InChI is InChI=1S/C19H24N4O/c1-13-7-9-23(10-8-13)19(24)16-11-17(21-12-20-16)22-18-14(2)5-4-6-15(18)3/h4-6,11-13H,7-10H2,1-3H3,(H,20,21,22). The van der Waals surface area contributed by atoms with Crippen molar-refractivity contribution in [3.63, 3.8) is 0 Å². The Morgan fingerprint density at radius 1 is 1.17 bits per heavy atom. The Morgan fingerprint density at radius 3 is 2.50 bits per heavy atom. The first-order valence-electron chi connectivity index (χ1n) is 8.49. The molecular formula is C19H24N4O. The van der Waals surface area contributed by atoms with E-state index in [9.17, 15) is 4.79 Å². The van der Waals surface area contributed by atoms with Gasteiger partial charge in [-0.25, -0.2) is 9.97 Å². The topological polar surface area (TPSA) is 58.1 Å². The lowest BCUT2D eigenvalue weighted by Crippen LogP contribution is -2.38. The number of likely N-dealkylation sites (tertiary alicyclic amines) is 1. The minimum atomic E-state index is -0.00569. The molecule has 0 saturated carbocycles. The van der Waals surface area contributed by atoms with Gasteiger partial charge in [-0.15, -0.1) is 0 Å². The number of carbonyl (C=O) groups excluding carboxylic acids is 1. The summed E-state index contributed by atoms with van der Waals surface area (Å²) in [4.78, 5) is 23.0. The lowest BCUT2D eigenvalue weighted by atomic mass is 9.99. The van der Waals surface area contributed by atoms with Crippen LogP contribution < -0.4 is 5.32 Å². The average Bonchev–Trinajstić information content (AvgIpc) is 2.59. The molecule has 1 N–H and O–H groups in total. The van der Waals surface area contributed by atoms with Gasteiger partial charge in [0.25, 0.3) is 5.91 Å². The molecule has 1 fully saturated rings. The molecule has 0 bridgehead atoms. The molecule has 24 heavy (non-hydrogen) atoms. The summed E-state index contributed by atoms with van der Waals surface area (Å²) >= 11 is 0. The highest BCUT2D eigenvalue weighted by molar-refractivity contribution is 5.93. The highest BCUT2D eigenvalue weighted by Crippen LogP contribution is 2.24. The number of aromatic nitrogens is 2. The third kappa shape index (κ3) is 3.55. The van der Waals surface area contributed by atoms with Crippen LogP contribution in [0.4, 0.5) is 11.5 Å². The van der Waals surface area contributed by atoms with E-state index in [2.05, 4.69) is 48.2 Å². The first kappa shape index (κ1) is 16.4. The Kier molecular flexibility index (Phi) is 4.79. The van der Waals surface area contributed by atoms with Crippen molar-refractivity contribution < 1.29 is 4.79 Å². The van der Waals surface area contributed by atoms with E-state index in [-0.39, 0.29) is 5.91 Å². The number of piperidine rings is 1. The van der Waals surface area contributed by atoms with Gasteiger partial charge in [0, 0.05) is 24.8 Å². The average molecular weight is 324 g/mol. The van der Waals surface area contributed by atoms with E-state index in [1.807, 2.05) is 11.0 Å². The van der Waals surface area contributed by atoms with Gasteiger partial charge in [0.05, 0.1) is 0 Å². The molecule has 126 valence electrons. The SMILES string of the molecule is Cc1cccc(C)c1Nc1cc(C(=O)N2CCC(C)CC2)ncn1. The number of para-hydroxylation sites is 1. The summed E-state index contributed by atoms with van der Waals surface area (Å²) in [6.45, 7) is 7.96. The summed E-state index contributed by atoms with van der Waals surface area (Å²) in [6.07, 6.45) is 3.57. The van der Waals surface area contributed by atoms with E-state index in [4.69, 9.17) is 0 Å². The Labute approximate surface area is 143 Å². The lowest BCUT2D eigenvalue weighted by Gasteiger charge is -2.30. The Morgan fingerprint density at radius 2 is 1.83 bits per heavy atom. The van der Waals surface area contributed by atoms with Crippen LogP contribution in [-0.4, -0.2) is 33.9 Å². The maximum Gasteiger partial charge on any atom is 0.272 e. The van der Waals surface area contributed by atoms with Crippen LogP contribution in [0.5, 0.6) is 0 Å². The van der Waals surface area contributed by atoms with E-state index in [0.29, 0.717) is 17.4 Å². The quantitative estimate of drug-likeness (QED) is 0.935. The largest absolute Gasteiger partial charge is 0.340 e. The second-order valence-corrected chi connectivity index (χ2v) is 6.66. The second-order valence-electron chi connectivity index (χ2n) is 6.66. The van der Waals surface area contributed by atoms with Crippen molar-refractivity contribution in [2.45, 2.75) is 33.6 Å². The van der Waals surface area contributed by atoms with Gasteiger partial charge in [0.1, 0.15) is 17.8 Å². The zero-order chi connectivity index (χ0) is 17.1. The summed E-state index contributed by atoms with van der Waals surface area (Å²) in [5, 5.41) is 3.32. The maximum atomic E-state index is 12.7. The van der Waals surface area contributed by atoms with E-state index in [1.54, 1.807) is 6.07 Å². The first-order chi connectivity index (χ1) is 11.5. The molecule has 0 radical (unpaired) electrons. The van der Waals surface area contributed by atoms with Crippen LogP contribution in [-0.2, 0) is 0 Å². The van der Waals surface area contributed by atoms with Gasteiger partial charge >= 0.3 is 0 Å². The zero-order valence-corrected chi connectivity index (χ0v) is 14.5. The monoisotopic (exact) mass is 324 g/mol. The van der Waals surface area contributed by atoms with Crippen molar-refractivity contribution in [1.29, 1.82) is 0 Å². The van der Waals surface area contributed by atoms with E-state index >= 15 is 0 Å². The Bertz CT molecular complexity index is 716. The van der Waals surface area contributed by atoms with Crippen LogP contribution in [0, 0.1) is 19.8 Å². The normalized spacial score (nSPS) is 15.4. The lowest BCUT2D eigenvalue weighted by molar-refractivity contribution is 0.0691. The summed E-state index contributed by atoms with van der Waals surface area (Å²) in [6, 6.07) is 7.88. The smallest absolute Gasteiger partial charge is 0.272 e. The number of nitrogens with zero attached hydrogens (tertiary/aromatic N) is 3. The van der Waals surface area contributed by atoms with Crippen LogP contribution in [0.1, 0.15) is 41.4 Å². The number of hydrogen-bond donors (Lipinski definition) is 1. The first-order valence-corrected chi connectivity index (χ1v) is 8.49. The van der Waals surface area contributed by atoms with Crippen molar-refractivity contribution in [3.05, 3.63) is 47.4 Å². The number of rotatable bonds is 3. The van der Waals surface area contributed by atoms with Gasteiger partial charge in [-0.1, -0.05) is 25.1 Å². The predicted molar refractivity (Wildman–Crippen MR) is 95.5 cm³/mol. The van der Waals surface area contributed by atoms with Crippen LogP contribution in [0.25, 0.3) is 0 Å². The van der Waals surface area contributed by atoms with Gasteiger partial charge in [-0.2, -0.15) is 0 Å². The van der Waals surface area contributed by atoms with Crippen LogP contribution in [0.15, 0.2) is 30.6 Å². The molecule has 0 spiro atoms. The van der Waals surface area contributed by atoms with Crippen molar-refractivity contribution >= 4 is 17.4 Å². The third-order valence-electron chi connectivity index (χ3n) is 4.69. The van der Waals surface area contributed by atoms with Crippen molar-refractivity contribution in [2.24, 2.45) is 5.92 Å². The molecule has 5 heteroatoms. The molecule has 1 aromatic heterocycles. The van der Waals surface area contributed by atoms with Crippen molar-refractivity contribution in [3.8, 4) is 0 Å². The molecule has 3 rings (SSSR count). The molecule has 1 amide bonds. The molecule has 1 aliphatic heterocycles. The van der Waals surface area contributed by atoms with Gasteiger partial charge in [-0.05, 0) is 43.7 Å². The zero-order valence-electron chi connectivity index (χ0n) is 14.5. The molecule has 5 nitrogen and oxygen atoms in total. The Balaban J connectivity index is 1.78. The molecule has 1 aromatic carbocycles. The van der Waals surface area contributed by atoms with E-state index in [0.717, 1.165) is 42.7 Å². The highest BCUT2D eigenvalue weighted by atomic mass is 16.2. The molecule has 2 aromatic rings. The number of aryl methyl sites for hydroxylation is 2. The summed E-state index contributed by atoms with van der Waals surface area (Å²) in [5.41, 5.74) is 3.77. The Hall–Kier alpha value is -2.43. The number of hydrogen-bond acceptors (Lipinski definition) is 4. The summed E-state index contributed by atoms with van der Waals surface area (Å²) < 4.78 is 0. The minimum absolute atomic E-state index is 0.00569. The van der Waals surface area contributed by atoms with E-state index in [1.165, 1.54) is 6.33 Å². The van der Waals surface area contributed by atoms with Crippen LogP contribution in [0.3, 0.4) is 0 Å². The molecule has 2 heterocycles. The number of benzene rings is 1. The fourth-order valence-corrected chi connectivity index (χ4v) is 3.06. The summed E-state index contributed by atoms with van der Waals surface area (Å²) in [7, 11) is 0. The molecule has 0 atom stereocenters. The number of anilines is 2. The minimum Gasteiger partial charge on any atom is -0.340 e. The predicted octanol–water partition coefficient (Wildman–Crippen LogP) is 3.71. The third-order valence-corrected chi connectivity index (χ3v) is 4.69. The maximum absolute atomic E-state index is 12.7. The molecule has 0 unspecified atom stereocenters. The molecule has 0 aliphatic carbocycles. The van der Waals surface area contributed by atoms with Crippen molar-refractivity contribution in [2.75, 3.05) is 18.4 Å². The van der Waals surface area contributed by atoms with Gasteiger partial charge in [-0.3, -0.25) is 4.79 Å². The molecule has 1 saturated heterocycles. The molecular weight excluding hydrogens is 300 g/mol. The fraction of sp³-hybridized carbons (Fsp3) is 0.421. The van der Waals surface area contributed by atoms with E-state index < -0.39 is 0 Å².